The number of esters is 1. The summed E-state index contributed by atoms with van der Waals surface area (Å²) in [5, 5.41) is 2.68. The molecule has 0 aromatic rings. The first-order valence-electron chi connectivity index (χ1n) is 4.56. The Kier molecular flexibility index (Phi) is 3.28. The van der Waals surface area contributed by atoms with Crippen molar-refractivity contribution in [3.63, 3.8) is 0 Å². The summed E-state index contributed by atoms with van der Waals surface area (Å²) in [6.45, 7) is 2.64. The molecule has 13 heavy (non-hydrogen) atoms. The van der Waals surface area contributed by atoms with Crippen molar-refractivity contribution >= 4 is 11.9 Å². The molecule has 0 aromatic heterocycles. The van der Waals surface area contributed by atoms with Gasteiger partial charge in [-0.1, -0.05) is 13.3 Å². The van der Waals surface area contributed by atoms with Gasteiger partial charge in [-0.05, 0) is 12.3 Å². The van der Waals surface area contributed by atoms with Crippen LogP contribution >= 0.6 is 0 Å². The van der Waals surface area contributed by atoms with Gasteiger partial charge in [0.25, 0.3) is 0 Å². The van der Waals surface area contributed by atoms with Crippen molar-refractivity contribution in [2.24, 2.45) is 11.8 Å². The van der Waals surface area contributed by atoms with Gasteiger partial charge in [0, 0.05) is 6.54 Å². The molecule has 4 nitrogen and oxygen atoms in total. The summed E-state index contributed by atoms with van der Waals surface area (Å²) in [4.78, 5) is 22.5. The maximum Gasteiger partial charge on any atom is 0.318 e. The lowest BCUT2D eigenvalue weighted by molar-refractivity contribution is -0.150. The lowest BCUT2D eigenvalue weighted by atomic mass is 9.91. The number of carbonyl (C=O) groups is 2. The van der Waals surface area contributed by atoms with Crippen LogP contribution in [0.15, 0.2) is 0 Å². The highest BCUT2D eigenvalue weighted by atomic mass is 16.5. The second-order valence-electron chi connectivity index (χ2n) is 3.29. The third kappa shape index (κ3) is 1.99. The summed E-state index contributed by atoms with van der Waals surface area (Å²) in [5.74, 6) is -1.06. The Labute approximate surface area is 77.6 Å². The molecule has 1 fully saturated rings. The molecular weight excluding hydrogens is 170 g/mol. The molecule has 2 atom stereocenters. The van der Waals surface area contributed by atoms with Crippen molar-refractivity contribution in [3.8, 4) is 0 Å². The molecule has 1 amide bonds. The van der Waals surface area contributed by atoms with Crippen LogP contribution in [0.4, 0.5) is 0 Å². The van der Waals surface area contributed by atoms with Crippen LogP contribution < -0.4 is 5.32 Å². The van der Waals surface area contributed by atoms with E-state index in [1.165, 1.54) is 7.11 Å². The Balaban J connectivity index is 2.65. The van der Waals surface area contributed by atoms with Gasteiger partial charge in [-0.2, -0.15) is 0 Å². The second-order valence-corrected chi connectivity index (χ2v) is 3.29. The van der Waals surface area contributed by atoms with Crippen LogP contribution in [0.1, 0.15) is 19.8 Å². The van der Waals surface area contributed by atoms with Crippen molar-refractivity contribution in [2.45, 2.75) is 19.8 Å². The number of hydrogen-bond donors (Lipinski definition) is 1. The van der Waals surface area contributed by atoms with E-state index < -0.39 is 11.9 Å². The Morgan fingerprint density at radius 3 is 2.92 bits per heavy atom. The zero-order valence-electron chi connectivity index (χ0n) is 8.00. The van der Waals surface area contributed by atoms with E-state index in [0.29, 0.717) is 6.54 Å². The SMILES string of the molecule is CCCC1CNC(=O)[C@@H]1C(=O)OC. The van der Waals surface area contributed by atoms with Gasteiger partial charge in [0.1, 0.15) is 5.92 Å². The standard InChI is InChI=1S/C9H15NO3/c1-3-4-6-5-10-8(11)7(6)9(12)13-2/h6-7H,3-5H2,1-2H3,(H,10,11)/t6?,7-/m1/s1. The predicted octanol–water partition coefficient (Wildman–Crippen LogP) is 0.322. The molecule has 0 bridgehead atoms. The molecule has 0 aliphatic carbocycles. The summed E-state index contributed by atoms with van der Waals surface area (Å²) >= 11 is 0. The van der Waals surface area contributed by atoms with E-state index in [9.17, 15) is 9.59 Å². The first kappa shape index (κ1) is 10.0. The zero-order valence-corrected chi connectivity index (χ0v) is 8.00. The van der Waals surface area contributed by atoms with Gasteiger partial charge < -0.3 is 10.1 Å². The largest absolute Gasteiger partial charge is 0.468 e. The van der Waals surface area contributed by atoms with E-state index in [4.69, 9.17) is 0 Å². The molecule has 1 saturated heterocycles. The molecule has 1 aliphatic rings. The highest BCUT2D eigenvalue weighted by Gasteiger charge is 2.40. The minimum Gasteiger partial charge on any atom is -0.468 e. The quantitative estimate of drug-likeness (QED) is 0.509. The van der Waals surface area contributed by atoms with E-state index in [-0.39, 0.29) is 11.8 Å². The van der Waals surface area contributed by atoms with Gasteiger partial charge >= 0.3 is 5.97 Å². The van der Waals surface area contributed by atoms with E-state index in [1.54, 1.807) is 0 Å². The third-order valence-corrected chi connectivity index (χ3v) is 2.41. The van der Waals surface area contributed by atoms with E-state index in [0.717, 1.165) is 12.8 Å². The minimum atomic E-state index is -0.579. The zero-order chi connectivity index (χ0) is 9.84. The van der Waals surface area contributed by atoms with Gasteiger partial charge in [0.15, 0.2) is 0 Å². The van der Waals surface area contributed by atoms with E-state index >= 15 is 0 Å². The molecule has 1 aliphatic heterocycles. The monoisotopic (exact) mass is 185 g/mol. The molecule has 1 rings (SSSR count). The number of carbonyl (C=O) groups excluding carboxylic acids is 2. The van der Waals surface area contributed by atoms with Crippen LogP contribution in [-0.2, 0) is 14.3 Å². The molecule has 1 unspecified atom stereocenters. The maximum atomic E-state index is 11.2. The first-order chi connectivity index (χ1) is 6.20. The first-order valence-corrected chi connectivity index (χ1v) is 4.56. The highest BCUT2D eigenvalue weighted by Crippen LogP contribution is 2.23. The summed E-state index contributed by atoms with van der Waals surface area (Å²) < 4.78 is 4.58. The number of ether oxygens (including phenoxy) is 1. The van der Waals surface area contributed by atoms with Crippen molar-refractivity contribution in [2.75, 3.05) is 13.7 Å². The molecule has 1 heterocycles. The third-order valence-electron chi connectivity index (χ3n) is 2.41. The van der Waals surface area contributed by atoms with Gasteiger partial charge in [0.05, 0.1) is 7.11 Å². The van der Waals surface area contributed by atoms with Crippen LogP contribution in [0.25, 0.3) is 0 Å². The summed E-state index contributed by atoms with van der Waals surface area (Å²) in [7, 11) is 1.32. The Morgan fingerprint density at radius 1 is 1.69 bits per heavy atom. The van der Waals surface area contributed by atoms with Gasteiger partial charge in [-0.25, -0.2) is 0 Å². The molecule has 0 radical (unpaired) electrons. The molecule has 0 spiro atoms. The Morgan fingerprint density at radius 2 is 2.38 bits per heavy atom. The number of nitrogens with one attached hydrogen (secondary N) is 1. The van der Waals surface area contributed by atoms with Gasteiger partial charge in [-0.3, -0.25) is 9.59 Å². The van der Waals surface area contributed by atoms with Crippen LogP contribution in [0.5, 0.6) is 0 Å². The minimum absolute atomic E-state index is 0.116. The smallest absolute Gasteiger partial charge is 0.318 e. The highest BCUT2D eigenvalue weighted by molar-refractivity contribution is 5.99. The molecule has 74 valence electrons. The van der Waals surface area contributed by atoms with Gasteiger partial charge in [-0.15, -0.1) is 0 Å². The average molecular weight is 185 g/mol. The normalized spacial score (nSPS) is 27.1. The van der Waals surface area contributed by atoms with Crippen LogP contribution in [0.2, 0.25) is 0 Å². The number of rotatable bonds is 3. The summed E-state index contributed by atoms with van der Waals surface area (Å²) in [6.07, 6.45) is 1.87. The van der Waals surface area contributed by atoms with Crippen molar-refractivity contribution in [3.05, 3.63) is 0 Å². The number of methoxy groups -OCH3 is 1. The fraction of sp³-hybridized carbons (Fsp3) is 0.778. The predicted molar refractivity (Wildman–Crippen MR) is 46.9 cm³/mol. The second kappa shape index (κ2) is 4.25. The Bertz CT molecular complexity index is 215. The summed E-state index contributed by atoms with van der Waals surface area (Å²) in [6, 6.07) is 0. The van der Waals surface area contributed by atoms with E-state index in [1.807, 2.05) is 6.92 Å². The van der Waals surface area contributed by atoms with Gasteiger partial charge in [0.2, 0.25) is 5.91 Å². The number of hydrogen-bond acceptors (Lipinski definition) is 3. The molecule has 0 saturated carbocycles. The molecule has 4 heteroatoms. The van der Waals surface area contributed by atoms with Crippen LogP contribution in [-0.4, -0.2) is 25.5 Å². The molecular formula is C9H15NO3. The van der Waals surface area contributed by atoms with Crippen molar-refractivity contribution in [1.82, 2.24) is 5.32 Å². The Hall–Kier alpha value is -1.06. The van der Waals surface area contributed by atoms with Crippen molar-refractivity contribution < 1.29 is 14.3 Å². The maximum absolute atomic E-state index is 11.2. The lowest BCUT2D eigenvalue weighted by Gasteiger charge is -2.12. The fourth-order valence-corrected chi connectivity index (χ4v) is 1.74. The van der Waals surface area contributed by atoms with E-state index in [2.05, 4.69) is 10.1 Å². The number of amides is 1. The fourth-order valence-electron chi connectivity index (χ4n) is 1.74. The summed E-state index contributed by atoms with van der Waals surface area (Å²) in [5.41, 5.74) is 0. The molecule has 0 aromatic carbocycles. The van der Waals surface area contributed by atoms with Crippen LogP contribution in [0.3, 0.4) is 0 Å². The average Bonchev–Trinajstić information content (AvgIpc) is 2.47. The lowest BCUT2D eigenvalue weighted by Crippen LogP contribution is -2.28. The molecule has 1 N–H and O–H groups in total. The topological polar surface area (TPSA) is 55.4 Å². The van der Waals surface area contributed by atoms with Crippen molar-refractivity contribution in [1.29, 1.82) is 0 Å². The van der Waals surface area contributed by atoms with Crippen LogP contribution in [0, 0.1) is 11.8 Å².